The molecule has 0 aliphatic rings. The van der Waals surface area contributed by atoms with Gasteiger partial charge in [-0.1, -0.05) is 23.7 Å². The van der Waals surface area contributed by atoms with Gasteiger partial charge in [-0.15, -0.1) is 11.3 Å². The van der Waals surface area contributed by atoms with Crippen LogP contribution in [0.4, 0.5) is 10.1 Å². The van der Waals surface area contributed by atoms with Crippen molar-refractivity contribution in [1.82, 2.24) is 4.98 Å². The highest BCUT2D eigenvalue weighted by Gasteiger charge is 2.31. The van der Waals surface area contributed by atoms with Gasteiger partial charge in [-0.25, -0.2) is 14.2 Å². The van der Waals surface area contributed by atoms with E-state index in [1.165, 1.54) is 37.3 Å². The molecule has 0 fully saturated rings. The normalized spacial score (nSPS) is 12.4. The molecule has 0 aliphatic heterocycles. The highest BCUT2D eigenvalue weighted by Crippen LogP contribution is 2.36. The van der Waals surface area contributed by atoms with Crippen LogP contribution in [-0.4, -0.2) is 37.2 Å². The summed E-state index contributed by atoms with van der Waals surface area (Å²) < 4.78 is 47.1. The Kier molecular flexibility index (Phi) is 7.37. The summed E-state index contributed by atoms with van der Waals surface area (Å²) in [5, 5.41) is 10.9. The molecule has 1 unspecified atom stereocenters. The Morgan fingerprint density at radius 3 is 2.53 bits per heavy atom. The van der Waals surface area contributed by atoms with E-state index >= 15 is 0 Å². The third-order valence-corrected chi connectivity index (χ3v) is 7.68. The van der Waals surface area contributed by atoms with Crippen molar-refractivity contribution in [2.75, 3.05) is 10.8 Å². The monoisotopic (exact) mass is 498 g/mol. The summed E-state index contributed by atoms with van der Waals surface area (Å²) in [7, 11) is -4.15. The Labute approximate surface area is 194 Å². The van der Waals surface area contributed by atoms with Crippen molar-refractivity contribution < 1.29 is 27.4 Å². The number of anilines is 1. The molecule has 0 amide bonds. The first-order valence-electron chi connectivity index (χ1n) is 9.41. The quantitative estimate of drug-likeness (QED) is 0.449. The highest BCUT2D eigenvalue weighted by molar-refractivity contribution is 7.94. The lowest BCUT2D eigenvalue weighted by atomic mass is 10.1. The summed E-state index contributed by atoms with van der Waals surface area (Å²) in [4.78, 5) is 15.1. The van der Waals surface area contributed by atoms with Crippen LogP contribution in [0.15, 0.2) is 52.2 Å². The maximum absolute atomic E-state index is 14.0. The van der Waals surface area contributed by atoms with Gasteiger partial charge in [-0.05, 0) is 43.7 Å². The van der Waals surface area contributed by atoms with Gasteiger partial charge in [0.1, 0.15) is 18.5 Å². The summed E-state index contributed by atoms with van der Waals surface area (Å²) in [5.74, 6) is -0.912. The first-order chi connectivity index (χ1) is 15.1. The third kappa shape index (κ3) is 5.56. The molecule has 1 N–H and O–H groups in total. The Morgan fingerprint density at radius 2 is 1.97 bits per heavy atom. The fourth-order valence-electron chi connectivity index (χ4n) is 2.81. The first-order valence-corrected chi connectivity index (χ1v) is 12.1. The molecule has 0 aliphatic carbocycles. The van der Waals surface area contributed by atoms with E-state index in [1.807, 2.05) is 0 Å². The van der Waals surface area contributed by atoms with Gasteiger partial charge in [0.15, 0.2) is 0 Å². The number of carboxylic acid groups (broad SMARTS) is 1. The van der Waals surface area contributed by atoms with Crippen molar-refractivity contribution >= 4 is 44.6 Å². The van der Waals surface area contributed by atoms with Crippen LogP contribution in [0.2, 0.25) is 5.02 Å². The lowest BCUT2D eigenvalue weighted by molar-refractivity contribution is 0.0697. The van der Waals surface area contributed by atoms with Crippen molar-refractivity contribution in [3.8, 4) is 5.75 Å². The van der Waals surface area contributed by atoms with Gasteiger partial charge in [0, 0.05) is 22.2 Å². The van der Waals surface area contributed by atoms with Crippen LogP contribution < -0.4 is 9.04 Å². The van der Waals surface area contributed by atoms with Crippen LogP contribution >= 0.6 is 22.9 Å². The van der Waals surface area contributed by atoms with E-state index < -0.39 is 28.7 Å². The average molecular weight is 499 g/mol. The molecule has 2 aromatic carbocycles. The van der Waals surface area contributed by atoms with E-state index in [9.17, 15) is 17.6 Å². The topological polar surface area (TPSA) is 96.8 Å². The fraction of sp³-hybridized carbons (Fsp3) is 0.238. The molecule has 0 saturated carbocycles. The highest BCUT2D eigenvalue weighted by atomic mass is 35.5. The molecule has 0 radical (unpaired) electrons. The molecule has 1 aromatic heterocycles. The number of rotatable bonds is 9. The second kappa shape index (κ2) is 9.85. The van der Waals surface area contributed by atoms with Crippen molar-refractivity contribution in [2.24, 2.45) is 0 Å². The predicted octanol–water partition coefficient (Wildman–Crippen LogP) is 4.94. The molecule has 1 atom stereocenters. The number of thiazole rings is 1. The summed E-state index contributed by atoms with van der Waals surface area (Å²) in [6.07, 6.45) is -1.46. The number of halogens is 2. The molecular formula is C21H20ClFN2O5S2. The second-order valence-corrected chi connectivity index (χ2v) is 10.3. The van der Waals surface area contributed by atoms with Gasteiger partial charge in [0.2, 0.25) is 4.34 Å². The number of sulfonamides is 1. The van der Waals surface area contributed by atoms with Crippen LogP contribution in [-0.2, 0) is 16.6 Å². The van der Waals surface area contributed by atoms with E-state index in [0.29, 0.717) is 16.3 Å². The fourth-order valence-corrected chi connectivity index (χ4v) is 5.66. The number of aryl methyl sites for hydroxylation is 1. The van der Waals surface area contributed by atoms with Crippen LogP contribution in [0.3, 0.4) is 0 Å². The molecule has 7 nitrogen and oxygen atoms in total. The molecule has 3 aromatic rings. The van der Waals surface area contributed by atoms with Crippen LogP contribution in [0.25, 0.3) is 0 Å². The van der Waals surface area contributed by atoms with Gasteiger partial charge in [-0.2, -0.15) is 8.42 Å². The number of carbonyl (C=O) groups is 1. The molecule has 170 valence electrons. The number of carboxylic acids is 1. The first kappa shape index (κ1) is 24.0. The molecule has 3 rings (SSSR count). The number of benzene rings is 2. The second-order valence-electron chi connectivity index (χ2n) is 6.97. The molecule has 11 heteroatoms. The van der Waals surface area contributed by atoms with Gasteiger partial charge in [0.05, 0.1) is 17.8 Å². The maximum Gasteiger partial charge on any atom is 0.335 e. The summed E-state index contributed by atoms with van der Waals surface area (Å²) in [6, 6.07) is 10.4. The Balaban J connectivity index is 1.96. The smallest absolute Gasteiger partial charge is 0.335 e. The predicted molar refractivity (Wildman–Crippen MR) is 121 cm³/mol. The lowest BCUT2D eigenvalue weighted by Crippen LogP contribution is -2.35. The van der Waals surface area contributed by atoms with E-state index in [4.69, 9.17) is 21.4 Å². The molecular weight excluding hydrogens is 479 g/mol. The van der Waals surface area contributed by atoms with E-state index in [2.05, 4.69) is 4.98 Å². The minimum atomic E-state index is -4.15. The third-order valence-electron chi connectivity index (χ3n) is 4.31. The van der Waals surface area contributed by atoms with Crippen molar-refractivity contribution in [1.29, 1.82) is 0 Å². The van der Waals surface area contributed by atoms with E-state index in [-0.39, 0.29) is 27.9 Å². The summed E-state index contributed by atoms with van der Waals surface area (Å²) >= 11 is 7.05. The summed E-state index contributed by atoms with van der Waals surface area (Å²) in [5.41, 5.74) is 1.45. The van der Waals surface area contributed by atoms with Gasteiger partial charge >= 0.3 is 5.97 Å². The largest absolute Gasteiger partial charge is 0.487 e. The molecule has 1 heterocycles. The SMILES string of the molecule is Cc1csc(S(=O)(=O)N(CC(C)F)c2ccc(Cl)cc2OCc2ccc(C(=O)O)cc2)n1. The molecule has 0 saturated heterocycles. The van der Waals surface area contributed by atoms with E-state index in [1.54, 1.807) is 24.4 Å². The molecule has 0 spiro atoms. The van der Waals surface area contributed by atoms with Gasteiger partial charge in [-0.3, -0.25) is 4.31 Å². The minimum Gasteiger partial charge on any atom is -0.487 e. The molecule has 0 bridgehead atoms. The lowest BCUT2D eigenvalue weighted by Gasteiger charge is -2.26. The van der Waals surface area contributed by atoms with Gasteiger partial charge < -0.3 is 9.84 Å². The number of aromatic carboxylic acids is 1. The summed E-state index contributed by atoms with van der Waals surface area (Å²) in [6.45, 7) is 2.51. The average Bonchev–Trinajstić information content (AvgIpc) is 3.18. The number of alkyl halides is 1. The number of nitrogens with zero attached hydrogens (tertiary/aromatic N) is 2. The van der Waals surface area contributed by atoms with Crippen LogP contribution in [0.5, 0.6) is 5.75 Å². The van der Waals surface area contributed by atoms with Crippen LogP contribution in [0, 0.1) is 6.92 Å². The molecule has 32 heavy (non-hydrogen) atoms. The van der Waals surface area contributed by atoms with Crippen molar-refractivity contribution in [3.63, 3.8) is 0 Å². The Hall–Kier alpha value is -2.69. The minimum absolute atomic E-state index is 0.0165. The maximum atomic E-state index is 14.0. The zero-order chi connectivity index (χ0) is 23.5. The van der Waals surface area contributed by atoms with Crippen LogP contribution in [0.1, 0.15) is 28.5 Å². The zero-order valence-electron chi connectivity index (χ0n) is 17.2. The Morgan fingerprint density at radius 1 is 1.28 bits per heavy atom. The zero-order valence-corrected chi connectivity index (χ0v) is 19.5. The van der Waals surface area contributed by atoms with E-state index in [0.717, 1.165) is 15.6 Å². The standard InChI is InChI=1S/C21H20ClFN2O5S2/c1-13(23)10-25(32(28,29)21-24-14(2)12-31-21)18-8-7-17(22)9-19(18)30-11-15-3-5-16(6-4-15)20(26)27/h3-9,12-13H,10-11H2,1-2H3,(H,26,27). The number of aromatic nitrogens is 1. The van der Waals surface area contributed by atoms with Crippen molar-refractivity contribution in [2.45, 2.75) is 31.0 Å². The Bertz CT molecular complexity index is 1210. The van der Waals surface area contributed by atoms with Gasteiger partial charge in [0.25, 0.3) is 10.0 Å². The number of hydrogen-bond donors (Lipinski definition) is 1. The number of hydrogen-bond acceptors (Lipinski definition) is 6. The van der Waals surface area contributed by atoms with Crippen molar-refractivity contribution in [3.05, 3.63) is 69.7 Å². The number of ether oxygens (including phenoxy) is 1.